The summed E-state index contributed by atoms with van der Waals surface area (Å²) in [6.07, 6.45) is 0. The molecule has 0 bridgehead atoms. The highest BCUT2D eigenvalue weighted by molar-refractivity contribution is 6.21. The van der Waals surface area contributed by atoms with Gasteiger partial charge in [-0.2, -0.15) is 0 Å². The lowest BCUT2D eigenvalue weighted by molar-refractivity contribution is 0.669. The van der Waals surface area contributed by atoms with Crippen molar-refractivity contribution in [1.29, 1.82) is 0 Å². The first kappa shape index (κ1) is 12.0. The van der Waals surface area contributed by atoms with Gasteiger partial charge in [0.05, 0.1) is 11.0 Å². The monoisotopic (exact) mass is 428 g/mol. The molecule has 0 amide bonds. The van der Waals surface area contributed by atoms with E-state index in [1.54, 1.807) is 0 Å². The van der Waals surface area contributed by atoms with Crippen LogP contribution in [0.5, 0.6) is 0 Å². The maximum Gasteiger partial charge on any atom is 0.136 e. The van der Waals surface area contributed by atoms with Crippen molar-refractivity contribution >= 4 is 43.5 Å². The first-order valence-electron chi connectivity index (χ1n) is 14.6. The smallest absolute Gasteiger partial charge is 0.136 e. The lowest BCUT2D eigenvalue weighted by Crippen LogP contribution is -1.88. The van der Waals surface area contributed by atoms with Crippen LogP contribution in [0.25, 0.3) is 65.7 Å². The van der Waals surface area contributed by atoms with E-state index in [0.29, 0.717) is 27.7 Å². The van der Waals surface area contributed by atoms with Crippen LogP contribution in [-0.4, -0.2) is 0 Å². The maximum absolute atomic E-state index is 8.96. The van der Waals surface area contributed by atoms with Gasteiger partial charge in [0, 0.05) is 10.8 Å². The molecule has 0 unspecified atom stereocenters. The van der Waals surface area contributed by atoms with Crippen molar-refractivity contribution in [2.24, 2.45) is 0 Å². The van der Waals surface area contributed by atoms with Crippen LogP contribution >= 0.6 is 0 Å². The molecule has 1 heteroatoms. The van der Waals surface area contributed by atoms with E-state index < -0.39 is 24.2 Å². The summed E-state index contributed by atoms with van der Waals surface area (Å²) in [6.45, 7) is 0. The number of rotatable bonds is 2. The summed E-state index contributed by atoms with van der Waals surface area (Å²) < 4.78 is 75.3. The minimum Gasteiger partial charge on any atom is -0.456 e. The number of para-hydroxylation sites is 1. The van der Waals surface area contributed by atoms with E-state index in [4.69, 9.17) is 15.4 Å². The highest BCUT2D eigenvalue weighted by atomic mass is 16.3. The standard InChI is InChI=1S/C32H20O/c1-2-10-21(11-3-1)24-19-28(32-27-16-8-9-17-29(27)33-30(32)20-24)31-25-14-6-4-12-22(25)18-23-13-5-7-15-26(23)31/h1-20H/i4D,5D,6D,7D,12D,13D,14D,15D. The van der Waals surface area contributed by atoms with Gasteiger partial charge in [-0.3, -0.25) is 0 Å². The van der Waals surface area contributed by atoms with Crippen LogP contribution in [0.15, 0.2) is 126 Å². The molecule has 0 radical (unpaired) electrons. The Bertz CT molecular complexity index is 2160. The highest BCUT2D eigenvalue weighted by Gasteiger charge is 2.18. The summed E-state index contributed by atoms with van der Waals surface area (Å²) in [7, 11) is 0. The quantitative estimate of drug-likeness (QED) is 0.250. The van der Waals surface area contributed by atoms with Gasteiger partial charge in [-0.1, -0.05) is 96.9 Å². The summed E-state index contributed by atoms with van der Waals surface area (Å²) in [6, 6.07) is 19.7. The van der Waals surface area contributed by atoms with Crippen LogP contribution in [-0.2, 0) is 0 Å². The average molecular weight is 429 g/mol. The van der Waals surface area contributed by atoms with Crippen molar-refractivity contribution in [3.05, 3.63) is 121 Å². The van der Waals surface area contributed by atoms with E-state index in [9.17, 15) is 0 Å². The summed E-state index contributed by atoms with van der Waals surface area (Å²) in [4.78, 5) is 0. The average Bonchev–Trinajstić information content (AvgIpc) is 3.38. The highest BCUT2D eigenvalue weighted by Crippen LogP contribution is 2.44. The van der Waals surface area contributed by atoms with E-state index in [1.165, 1.54) is 6.07 Å². The molecule has 6 aromatic carbocycles. The van der Waals surface area contributed by atoms with Crippen molar-refractivity contribution in [3.63, 3.8) is 0 Å². The molecule has 154 valence electrons. The maximum atomic E-state index is 8.96. The Labute approximate surface area is 202 Å². The molecule has 0 aliphatic rings. The molecular weight excluding hydrogens is 400 g/mol. The van der Waals surface area contributed by atoms with Gasteiger partial charge >= 0.3 is 0 Å². The Kier molecular flexibility index (Phi) is 2.58. The zero-order valence-corrected chi connectivity index (χ0v) is 17.3. The van der Waals surface area contributed by atoms with Gasteiger partial charge in [0.2, 0.25) is 0 Å². The summed E-state index contributed by atoms with van der Waals surface area (Å²) in [5.74, 6) is 0. The predicted molar refractivity (Wildman–Crippen MR) is 140 cm³/mol. The van der Waals surface area contributed by atoms with E-state index in [0.717, 1.165) is 16.5 Å². The summed E-state index contributed by atoms with van der Waals surface area (Å²) in [5.41, 5.74) is 3.72. The third-order valence-corrected chi connectivity index (χ3v) is 6.08. The topological polar surface area (TPSA) is 13.1 Å². The second kappa shape index (κ2) is 7.08. The van der Waals surface area contributed by atoms with Gasteiger partial charge in [-0.15, -0.1) is 0 Å². The third-order valence-electron chi connectivity index (χ3n) is 6.08. The molecule has 1 nitrogen and oxygen atoms in total. The van der Waals surface area contributed by atoms with Crippen LogP contribution < -0.4 is 0 Å². The molecule has 7 rings (SSSR count). The zero-order valence-electron chi connectivity index (χ0n) is 25.3. The predicted octanol–water partition coefficient (Wildman–Crippen LogP) is 9.23. The first-order valence-corrected chi connectivity index (χ1v) is 10.6. The van der Waals surface area contributed by atoms with Gasteiger partial charge in [-0.25, -0.2) is 0 Å². The van der Waals surface area contributed by atoms with Gasteiger partial charge < -0.3 is 4.42 Å². The van der Waals surface area contributed by atoms with Crippen LogP contribution in [0.1, 0.15) is 11.0 Å². The molecule has 1 heterocycles. The molecule has 0 N–H and O–H groups in total. The third kappa shape index (κ3) is 2.79. The number of benzene rings is 6. The fraction of sp³-hybridized carbons (Fsp3) is 0. The Morgan fingerprint density at radius 3 is 1.97 bits per heavy atom. The zero-order chi connectivity index (χ0) is 28.7. The van der Waals surface area contributed by atoms with E-state index in [2.05, 4.69) is 0 Å². The van der Waals surface area contributed by atoms with Gasteiger partial charge in [0.15, 0.2) is 0 Å². The van der Waals surface area contributed by atoms with Crippen molar-refractivity contribution in [1.82, 2.24) is 0 Å². The number of fused-ring (bicyclic) bond motifs is 5. The van der Waals surface area contributed by atoms with Gasteiger partial charge in [0.25, 0.3) is 0 Å². The van der Waals surface area contributed by atoms with Crippen LogP contribution in [0, 0.1) is 0 Å². The molecule has 0 saturated heterocycles. The lowest BCUT2D eigenvalue weighted by Gasteiger charge is -2.15. The molecule has 7 aromatic rings. The Hall–Kier alpha value is -4.36. The van der Waals surface area contributed by atoms with Crippen molar-refractivity contribution in [3.8, 4) is 22.3 Å². The number of furan rings is 1. The second-order valence-corrected chi connectivity index (χ2v) is 7.96. The molecule has 0 saturated carbocycles. The van der Waals surface area contributed by atoms with Gasteiger partial charge in [0.1, 0.15) is 11.2 Å². The molecule has 0 aliphatic carbocycles. The second-order valence-electron chi connectivity index (χ2n) is 7.96. The molecule has 0 spiro atoms. The summed E-state index contributed by atoms with van der Waals surface area (Å²) >= 11 is 0. The Balaban J connectivity index is 1.82. The summed E-state index contributed by atoms with van der Waals surface area (Å²) in [5, 5.41) is 2.19. The molecule has 1 aromatic heterocycles. The molecular formula is C32H20O. The normalized spacial score (nSPS) is 15.0. The van der Waals surface area contributed by atoms with Crippen molar-refractivity contribution < 1.29 is 15.4 Å². The Morgan fingerprint density at radius 1 is 0.545 bits per heavy atom. The number of hydrogen-bond acceptors (Lipinski definition) is 1. The van der Waals surface area contributed by atoms with Crippen molar-refractivity contribution in [2.75, 3.05) is 0 Å². The fourth-order valence-electron chi connectivity index (χ4n) is 4.64. The molecule has 0 fully saturated rings. The lowest BCUT2D eigenvalue weighted by atomic mass is 9.88. The van der Waals surface area contributed by atoms with Crippen LogP contribution in [0.3, 0.4) is 0 Å². The van der Waals surface area contributed by atoms with Crippen LogP contribution in [0.2, 0.25) is 0 Å². The largest absolute Gasteiger partial charge is 0.456 e. The minimum atomic E-state index is -0.420. The van der Waals surface area contributed by atoms with E-state index >= 15 is 0 Å². The van der Waals surface area contributed by atoms with E-state index in [1.807, 2.05) is 66.7 Å². The molecule has 33 heavy (non-hydrogen) atoms. The van der Waals surface area contributed by atoms with E-state index in [-0.39, 0.29) is 45.7 Å². The van der Waals surface area contributed by atoms with Crippen LogP contribution in [0.4, 0.5) is 0 Å². The SMILES string of the molecule is [2H]c1c([2H])c([2H])c2c(-c3cc(-c4ccccc4)cc4oc5ccccc5c34)c3c([2H])c([2H])c([2H])c([2H])c3cc2c1[2H]. The van der Waals surface area contributed by atoms with Crippen molar-refractivity contribution in [2.45, 2.75) is 0 Å². The fourth-order valence-corrected chi connectivity index (χ4v) is 4.64. The molecule has 0 atom stereocenters. The Morgan fingerprint density at radius 2 is 1.21 bits per heavy atom. The minimum absolute atomic E-state index is 0.176. The number of hydrogen-bond donors (Lipinski definition) is 0. The molecule has 0 aliphatic heterocycles. The van der Waals surface area contributed by atoms with Gasteiger partial charge in [-0.05, 0) is 68.1 Å². The first-order chi connectivity index (χ1) is 19.7.